The molecule has 0 spiro atoms. The smallest absolute Gasteiger partial charge is 0.268 e. The summed E-state index contributed by atoms with van der Waals surface area (Å²) in [6.45, 7) is 1.87. The van der Waals surface area contributed by atoms with Crippen molar-refractivity contribution in [2.45, 2.75) is 13.0 Å². The number of rotatable bonds is 4. The first kappa shape index (κ1) is 14.8. The predicted octanol–water partition coefficient (Wildman–Crippen LogP) is 2.05. The average Bonchev–Trinajstić information content (AvgIpc) is 3.06. The number of carbonyl (C=O) groups is 1. The molecule has 116 valence electrons. The van der Waals surface area contributed by atoms with Crippen molar-refractivity contribution < 1.29 is 4.79 Å². The Kier molecular flexibility index (Phi) is 4.05. The van der Waals surface area contributed by atoms with Crippen molar-refractivity contribution in [3.8, 4) is 5.69 Å². The number of carbonyl (C=O) groups excluding carboxylic acids is 1. The molecule has 1 aromatic carbocycles. The maximum absolute atomic E-state index is 12.1. The summed E-state index contributed by atoms with van der Waals surface area (Å²) in [4.78, 5) is 25.9. The Labute approximate surface area is 132 Å². The van der Waals surface area contributed by atoms with Crippen LogP contribution in [-0.4, -0.2) is 20.7 Å². The molecule has 23 heavy (non-hydrogen) atoms. The average molecular weight is 308 g/mol. The minimum Gasteiger partial charge on any atom is -0.344 e. The summed E-state index contributed by atoms with van der Waals surface area (Å²) in [6.07, 6.45) is 3.58. The highest BCUT2D eigenvalue weighted by molar-refractivity contribution is 5.92. The van der Waals surface area contributed by atoms with Crippen molar-refractivity contribution in [2.75, 3.05) is 0 Å². The van der Waals surface area contributed by atoms with Crippen molar-refractivity contribution in [2.24, 2.45) is 0 Å². The van der Waals surface area contributed by atoms with Gasteiger partial charge in [-0.05, 0) is 25.1 Å². The lowest BCUT2D eigenvalue weighted by Gasteiger charge is -2.11. The van der Waals surface area contributed by atoms with Gasteiger partial charge in [0.15, 0.2) is 0 Å². The molecule has 0 radical (unpaired) electrons. The van der Waals surface area contributed by atoms with Crippen LogP contribution in [0.25, 0.3) is 5.69 Å². The zero-order chi connectivity index (χ0) is 16.2. The number of nitrogens with zero attached hydrogens (tertiary/aromatic N) is 2. The largest absolute Gasteiger partial charge is 0.344 e. The van der Waals surface area contributed by atoms with Crippen molar-refractivity contribution in [1.29, 1.82) is 0 Å². The van der Waals surface area contributed by atoms with Crippen LogP contribution >= 0.6 is 0 Å². The number of H-pyrrole nitrogens is 1. The molecule has 2 heterocycles. The molecule has 1 atom stereocenters. The molecule has 1 amide bonds. The molecule has 2 aromatic heterocycles. The van der Waals surface area contributed by atoms with Gasteiger partial charge >= 0.3 is 0 Å². The second kappa shape index (κ2) is 6.31. The summed E-state index contributed by atoms with van der Waals surface area (Å²) in [6, 6.07) is 14.0. The number of hydrogen-bond donors (Lipinski definition) is 2. The van der Waals surface area contributed by atoms with E-state index >= 15 is 0 Å². The van der Waals surface area contributed by atoms with E-state index in [4.69, 9.17) is 0 Å². The van der Waals surface area contributed by atoms with E-state index in [2.05, 4.69) is 15.4 Å². The van der Waals surface area contributed by atoms with Gasteiger partial charge in [0.2, 0.25) is 5.56 Å². The molecular formula is C17H16N4O2. The minimum absolute atomic E-state index is 0.233. The number of pyridine rings is 1. The van der Waals surface area contributed by atoms with Crippen LogP contribution in [0.2, 0.25) is 0 Å². The minimum atomic E-state index is -0.331. The Morgan fingerprint density at radius 3 is 2.70 bits per heavy atom. The fourth-order valence-electron chi connectivity index (χ4n) is 2.22. The lowest BCUT2D eigenvalue weighted by molar-refractivity contribution is 0.0934. The van der Waals surface area contributed by atoms with Gasteiger partial charge in [-0.15, -0.1) is 0 Å². The second-order valence-electron chi connectivity index (χ2n) is 5.18. The molecular weight excluding hydrogens is 292 g/mol. The second-order valence-corrected chi connectivity index (χ2v) is 5.18. The summed E-state index contributed by atoms with van der Waals surface area (Å²) < 4.78 is 1.75. The fraction of sp³-hybridized carbons (Fsp3) is 0.118. The summed E-state index contributed by atoms with van der Waals surface area (Å²) in [5.74, 6) is -0.331. The molecule has 6 nitrogen and oxygen atoms in total. The summed E-state index contributed by atoms with van der Waals surface area (Å²) in [5, 5.41) is 7.15. The standard InChI is InChI=1S/C17H16N4O2/c1-12(19-17(23)15-8-5-9-16(22)20-15)13-10-18-21(11-13)14-6-3-2-4-7-14/h2-12H,1H3,(H,19,23)(H,20,22)/t12-/m0/s1. The third-order valence-corrected chi connectivity index (χ3v) is 3.48. The molecule has 2 N–H and O–H groups in total. The van der Waals surface area contributed by atoms with E-state index in [0.29, 0.717) is 0 Å². The highest BCUT2D eigenvalue weighted by atomic mass is 16.2. The van der Waals surface area contributed by atoms with Crippen molar-refractivity contribution in [3.63, 3.8) is 0 Å². The van der Waals surface area contributed by atoms with Gasteiger partial charge in [0.05, 0.1) is 17.9 Å². The number of nitrogens with one attached hydrogen (secondary N) is 2. The van der Waals surface area contributed by atoms with Gasteiger partial charge in [0.1, 0.15) is 5.69 Å². The first-order valence-electron chi connectivity index (χ1n) is 7.24. The van der Waals surface area contributed by atoms with E-state index in [-0.39, 0.29) is 23.2 Å². The molecule has 0 bridgehead atoms. The molecule has 0 aliphatic rings. The van der Waals surface area contributed by atoms with Gasteiger partial charge in [0.25, 0.3) is 5.91 Å². The van der Waals surface area contributed by atoms with Gasteiger partial charge in [-0.25, -0.2) is 4.68 Å². The number of benzene rings is 1. The molecule has 3 aromatic rings. The highest BCUT2D eigenvalue weighted by Crippen LogP contribution is 2.14. The molecule has 0 aliphatic heterocycles. The molecule has 0 unspecified atom stereocenters. The number of hydrogen-bond acceptors (Lipinski definition) is 3. The first-order chi connectivity index (χ1) is 11.1. The van der Waals surface area contributed by atoms with Gasteiger partial charge in [-0.2, -0.15) is 5.10 Å². The molecule has 6 heteroatoms. The van der Waals surface area contributed by atoms with Crippen LogP contribution in [-0.2, 0) is 0 Å². The number of aromatic amines is 1. The van der Waals surface area contributed by atoms with Gasteiger partial charge in [0, 0.05) is 17.8 Å². The van der Waals surface area contributed by atoms with Crippen LogP contribution in [0.15, 0.2) is 65.7 Å². The van der Waals surface area contributed by atoms with Crippen LogP contribution in [0.3, 0.4) is 0 Å². The number of aromatic nitrogens is 3. The van der Waals surface area contributed by atoms with E-state index in [0.717, 1.165) is 11.3 Å². The lowest BCUT2D eigenvalue weighted by atomic mass is 10.2. The SMILES string of the molecule is C[C@H](NC(=O)c1cccc(=O)[nH]1)c1cnn(-c2ccccc2)c1. The quantitative estimate of drug-likeness (QED) is 0.774. The fourth-order valence-corrected chi connectivity index (χ4v) is 2.22. The molecule has 0 saturated carbocycles. The van der Waals surface area contributed by atoms with Crippen LogP contribution in [0.5, 0.6) is 0 Å². The summed E-state index contributed by atoms with van der Waals surface area (Å²) in [7, 11) is 0. The normalized spacial score (nSPS) is 11.9. The monoisotopic (exact) mass is 308 g/mol. The Balaban J connectivity index is 1.74. The van der Waals surface area contributed by atoms with Crippen molar-refractivity contribution >= 4 is 5.91 Å². The summed E-state index contributed by atoms with van der Waals surface area (Å²) in [5.41, 5.74) is 1.76. The molecule has 3 rings (SSSR count). The van der Waals surface area contributed by atoms with Crippen LogP contribution < -0.4 is 10.9 Å². The van der Waals surface area contributed by atoms with Crippen LogP contribution in [0.4, 0.5) is 0 Å². The third-order valence-electron chi connectivity index (χ3n) is 3.48. The summed E-state index contributed by atoms with van der Waals surface area (Å²) >= 11 is 0. The van der Waals surface area contributed by atoms with E-state index in [1.807, 2.05) is 43.5 Å². The van der Waals surface area contributed by atoms with Gasteiger partial charge < -0.3 is 10.3 Å². The molecule has 0 aliphatic carbocycles. The van der Waals surface area contributed by atoms with E-state index < -0.39 is 0 Å². The van der Waals surface area contributed by atoms with Gasteiger partial charge in [-0.1, -0.05) is 24.3 Å². The Bertz CT molecular complexity index is 867. The predicted molar refractivity (Wildman–Crippen MR) is 86.5 cm³/mol. The Hall–Kier alpha value is -3.15. The zero-order valence-electron chi connectivity index (χ0n) is 12.6. The van der Waals surface area contributed by atoms with Gasteiger partial charge in [-0.3, -0.25) is 9.59 Å². The topological polar surface area (TPSA) is 79.8 Å². The number of para-hydroxylation sites is 1. The zero-order valence-corrected chi connectivity index (χ0v) is 12.6. The van der Waals surface area contributed by atoms with Crippen molar-refractivity contribution in [3.05, 3.63) is 82.5 Å². The Morgan fingerprint density at radius 2 is 1.96 bits per heavy atom. The van der Waals surface area contributed by atoms with Crippen LogP contribution in [0.1, 0.15) is 29.0 Å². The molecule has 0 saturated heterocycles. The van der Waals surface area contributed by atoms with E-state index in [1.54, 1.807) is 23.0 Å². The lowest BCUT2D eigenvalue weighted by Crippen LogP contribution is -2.28. The van der Waals surface area contributed by atoms with Crippen LogP contribution in [0, 0.1) is 0 Å². The third kappa shape index (κ3) is 3.37. The molecule has 0 fully saturated rings. The number of amides is 1. The Morgan fingerprint density at radius 1 is 1.17 bits per heavy atom. The maximum Gasteiger partial charge on any atom is 0.268 e. The maximum atomic E-state index is 12.1. The van der Waals surface area contributed by atoms with E-state index in [9.17, 15) is 9.59 Å². The van der Waals surface area contributed by atoms with E-state index in [1.165, 1.54) is 6.07 Å². The highest BCUT2D eigenvalue weighted by Gasteiger charge is 2.14. The van der Waals surface area contributed by atoms with Crippen molar-refractivity contribution in [1.82, 2.24) is 20.1 Å². The first-order valence-corrected chi connectivity index (χ1v) is 7.24.